The van der Waals surface area contributed by atoms with Crippen molar-refractivity contribution in [3.05, 3.63) is 23.5 Å². The first kappa shape index (κ1) is 14.7. The van der Waals surface area contributed by atoms with Crippen molar-refractivity contribution in [1.82, 2.24) is 9.88 Å². The predicted molar refractivity (Wildman–Crippen MR) is 71.9 cm³/mol. The number of nitriles is 1. The number of hydrogen-bond donors (Lipinski definition) is 2. The second kappa shape index (κ2) is 6.58. The topological polar surface area (TPSA) is 61.0 Å². The van der Waals surface area contributed by atoms with Gasteiger partial charge < -0.3 is 15.0 Å². The van der Waals surface area contributed by atoms with Gasteiger partial charge in [-0.1, -0.05) is 13.8 Å². The third kappa shape index (κ3) is 4.52. The van der Waals surface area contributed by atoms with Crippen LogP contribution in [-0.4, -0.2) is 22.8 Å². The van der Waals surface area contributed by atoms with Gasteiger partial charge in [0.2, 0.25) is 0 Å². The minimum absolute atomic E-state index is 0.190. The van der Waals surface area contributed by atoms with Crippen LogP contribution in [-0.2, 0) is 13.6 Å². The molecule has 100 valence electrons. The summed E-state index contributed by atoms with van der Waals surface area (Å²) in [4.78, 5) is 0. The Balaban J connectivity index is 2.39. The molecule has 0 fully saturated rings. The van der Waals surface area contributed by atoms with E-state index in [1.54, 1.807) is 0 Å². The summed E-state index contributed by atoms with van der Waals surface area (Å²) in [6, 6.07) is 4.07. The lowest BCUT2D eigenvalue weighted by atomic mass is 9.88. The molecule has 0 bridgehead atoms. The van der Waals surface area contributed by atoms with Crippen molar-refractivity contribution >= 4 is 0 Å². The second-order valence-electron chi connectivity index (χ2n) is 5.55. The third-order valence-electron chi connectivity index (χ3n) is 3.12. The molecule has 0 amide bonds. The highest BCUT2D eigenvalue weighted by atomic mass is 16.2. The van der Waals surface area contributed by atoms with E-state index >= 15 is 0 Å². The fourth-order valence-corrected chi connectivity index (χ4v) is 2.03. The summed E-state index contributed by atoms with van der Waals surface area (Å²) in [6.45, 7) is 6.33. The van der Waals surface area contributed by atoms with Crippen LogP contribution in [0.4, 0.5) is 0 Å². The monoisotopic (exact) mass is 249 g/mol. The van der Waals surface area contributed by atoms with Gasteiger partial charge in [0.15, 0.2) is 0 Å². The second-order valence-corrected chi connectivity index (χ2v) is 5.55. The van der Waals surface area contributed by atoms with Crippen molar-refractivity contribution < 1.29 is 5.11 Å². The Morgan fingerprint density at radius 2 is 2.22 bits per heavy atom. The van der Waals surface area contributed by atoms with E-state index in [2.05, 4.69) is 25.2 Å². The Morgan fingerprint density at radius 1 is 1.50 bits per heavy atom. The summed E-state index contributed by atoms with van der Waals surface area (Å²) in [5.74, 6) is 0. The molecule has 18 heavy (non-hydrogen) atoms. The summed E-state index contributed by atoms with van der Waals surface area (Å²) >= 11 is 0. The van der Waals surface area contributed by atoms with Gasteiger partial charge in [-0.15, -0.1) is 0 Å². The molecule has 0 aliphatic carbocycles. The molecule has 0 spiro atoms. The molecule has 4 heteroatoms. The van der Waals surface area contributed by atoms with Crippen LogP contribution in [0.25, 0.3) is 0 Å². The molecule has 0 aliphatic heterocycles. The first-order valence-electron chi connectivity index (χ1n) is 6.35. The fourth-order valence-electron chi connectivity index (χ4n) is 2.03. The van der Waals surface area contributed by atoms with E-state index in [0.29, 0.717) is 5.69 Å². The van der Waals surface area contributed by atoms with Gasteiger partial charge in [-0.05, 0) is 29.9 Å². The number of hydrogen-bond acceptors (Lipinski definition) is 3. The lowest BCUT2D eigenvalue weighted by Gasteiger charge is -2.24. The Morgan fingerprint density at radius 3 is 2.78 bits per heavy atom. The number of aliphatic hydroxyl groups excluding tert-OH is 1. The molecular formula is C14H23N3O. The zero-order valence-corrected chi connectivity index (χ0v) is 11.5. The summed E-state index contributed by atoms with van der Waals surface area (Å²) in [6.07, 6.45) is 3.83. The normalized spacial score (nSPS) is 11.5. The highest BCUT2D eigenvalue weighted by molar-refractivity contribution is 5.28. The maximum atomic E-state index is 8.87. The molecule has 2 N–H and O–H groups in total. The quantitative estimate of drug-likeness (QED) is 0.774. The molecule has 4 nitrogen and oxygen atoms in total. The maximum absolute atomic E-state index is 8.87. The third-order valence-corrected chi connectivity index (χ3v) is 3.12. The summed E-state index contributed by atoms with van der Waals surface area (Å²) in [7, 11) is 1.88. The number of aromatic nitrogens is 1. The highest BCUT2D eigenvalue weighted by Crippen LogP contribution is 2.20. The molecule has 1 rings (SSSR count). The molecule has 0 aliphatic rings. The zero-order chi connectivity index (χ0) is 13.6. The Kier molecular flexibility index (Phi) is 5.39. The van der Waals surface area contributed by atoms with Gasteiger partial charge in [-0.25, -0.2) is 0 Å². The van der Waals surface area contributed by atoms with Crippen molar-refractivity contribution in [1.29, 1.82) is 5.26 Å². The molecule has 0 saturated carbocycles. The van der Waals surface area contributed by atoms with Crippen molar-refractivity contribution in [2.75, 3.05) is 13.2 Å². The van der Waals surface area contributed by atoms with E-state index in [-0.39, 0.29) is 12.0 Å². The lowest BCUT2D eigenvalue weighted by Crippen LogP contribution is -2.29. The molecule has 1 aromatic heterocycles. The number of aryl methyl sites for hydroxylation is 1. The van der Waals surface area contributed by atoms with E-state index in [9.17, 15) is 0 Å². The average molecular weight is 249 g/mol. The number of nitrogens with zero attached hydrogens (tertiary/aromatic N) is 2. The van der Waals surface area contributed by atoms with Crippen LogP contribution in [0.3, 0.4) is 0 Å². The van der Waals surface area contributed by atoms with Crippen LogP contribution < -0.4 is 5.32 Å². The largest absolute Gasteiger partial charge is 0.396 e. The highest BCUT2D eigenvalue weighted by Gasteiger charge is 2.16. The van der Waals surface area contributed by atoms with Crippen LogP contribution in [0.1, 0.15) is 37.9 Å². The fraction of sp³-hybridized carbons (Fsp3) is 0.643. The molecule has 1 aromatic rings. The standard InChI is InChI=1S/C14H23N3O/c1-14(2,5-4-6-18)11-16-9-12-7-13(8-15)17(3)10-12/h7,10,16,18H,4-6,9,11H2,1-3H3. The average Bonchev–Trinajstić information content (AvgIpc) is 2.67. The first-order valence-corrected chi connectivity index (χ1v) is 6.35. The molecule has 1 heterocycles. The van der Waals surface area contributed by atoms with E-state index < -0.39 is 0 Å². The van der Waals surface area contributed by atoms with E-state index in [0.717, 1.165) is 31.5 Å². The smallest absolute Gasteiger partial charge is 0.120 e. The predicted octanol–water partition coefficient (Wildman–Crippen LogP) is 1.79. The molecule has 0 radical (unpaired) electrons. The number of nitrogens with one attached hydrogen (secondary N) is 1. The zero-order valence-electron chi connectivity index (χ0n) is 11.5. The van der Waals surface area contributed by atoms with Crippen LogP contribution in [0.2, 0.25) is 0 Å². The molecule has 0 saturated heterocycles. The Labute approximate surface area is 109 Å². The SMILES string of the molecule is Cn1cc(CNCC(C)(C)CCCO)cc1C#N. The van der Waals surface area contributed by atoms with Crippen molar-refractivity contribution in [3.8, 4) is 6.07 Å². The van der Waals surface area contributed by atoms with Crippen LogP contribution in [0.15, 0.2) is 12.3 Å². The first-order chi connectivity index (χ1) is 8.48. The van der Waals surface area contributed by atoms with E-state index in [1.165, 1.54) is 0 Å². The molecular weight excluding hydrogens is 226 g/mol. The van der Waals surface area contributed by atoms with Gasteiger partial charge >= 0.3 is 0 Å². The van der Waals surface area contributed by atoms with Gasteiger partial charge in [-0.3, -0.25) is 0 Å². The van der Waals surface area contributed by atoms with Gasteiger partial charge in [0.1, 0.15) is 11.8 Å². The number of rotatable bonds is 7. The van der Waals surface area contributed by atoms with Gasteiger partial charge in [0, 0.05) is 32.9 Å². The van der Waals surface area contributed by atoms with E-state index in [4.69, 9.17) is 10.4 Å². The van der Waals surface area contributed by atoms with Crippen LogP contribution in [0, 0.1) is 16.7 Å². The van der Waals surface area contributed by atoms with Crippen molar-refractivity contribution in [2.45, 2.75) is 33.2 Å². The van der Waals surface area contributed by atoms with Gasteiger partial charge in [-0.2, -0.15) is 5.26 Å². The summed E-state index contributed by atoms with van der Waals surface area (Å²) < 4.78 is 1.84. The maximum Gasteiger partial charge on any atom is 0.120 e. The number of aliphatic hydroxyl groups is 1. The Bertz CT molecular complexity index is 415. The minimum atomic E-state index is 0.190. The van der Waals surface area contributed by atoms with Crippen molar-refractivity contribution in [2.24, 2.45) is 12.5 Å². The van der Waals surface area contributed by atoms with Crippen LogP contribution >= 0.6 is 0 Å². The molecule has 0 aromatic carbocycles. The summed E-state index contributed by atoms with van der Waals surface area (Å²) in [5.41, 5.74) is 2.01. The lowest BCUT2D eigenvalue weighted by molar-refractivity contribution is 0.236. The van der Waals surface area contributed by atoms with Crippen molar-refractivity contribution in [3.63, 3.8) is 0 Å². The van der Waals surface area contributed by atoms with Crippen LogP contribution in [0.5, 0.6) is 0 Å². The van der Waals surface area contributed by atoms with E-state index in [1.807, 2.05) is 23.9 Å². The minimum Gasteiger partial charge on any atom is -0.396 e. The van der Waals surface area contributed by atoms with Gasteiger partial charge in [0.25, 0.3) is 0 Å². The summed E-state index contributed by atoms with van der Waals surface area (Å²) in [5, 5.41) is 21.1. The molecule has 0 unspecified atom stereocenters. The Hall–Kier alpha value is -1.31. The van der Waals surface area contributed by atoms with Gasteiger partial charge in [0.05, 0.1) is 0 Å². The molecule has 0 atom stereocenters.